The van der Waals surface area contributed by atoms with Crippen molar-refractivity contribution in [2.24, 2.45) is 28.6 Å². The number of carbonyl (C=O) groups is 4. The van der Waals surface area contributed by atoms with Crippen LogP contribution < -0.4 is 14.2 Å². The summed E-state index contributed by atoms with van der Waals surface area (Å²) in [7, 11) is -3.88. The molecule has 2 bridgehead atoms. The van der Waals surface area contributed by atoms with Crippen LogP contribution in [0, 0.1) is 28.6 Å². The number of Topliss-reactive ketones (excluding diaryl/α,β-unsaturated/α-hetero) is 1. The van der Waals surface area contributed by atoms with Gasteiger partial charge in [0, 0.05) is 30.6 Å². The van der Waals surface area contributed by atoms with E-state index in [1.165, 1.54) is 4.90 Å². The van der Waals surface area contributed by atoms with Gasteiger partial charge in [-0.05, 0) is 99.3 Å². The van der Waals surface area contributed by atoms with Gasteiger partial charge in [-0.1, -0.05) is 51.1 Å². The van der Waals surface area contributed by atoms with Crippen molar-refractivity contribution >= 4 is 44.5 Å². The summed E-state index contributed by atoms with van der Waals surface area (Å²) in [5.41, 5.74) is -0.575. The van der Waals surface area contributed by atoms with Crippen LogP contribution in [0.3, 0.4) is 0 Å². The van der Waals surface area contributed by atoms with E-state index in [-0.39, 0.29) is 55.9 Å². The Kier molecular flexibility index (Phi) is 12.4. The van der Waals surface area contributed by atoms with Gasteiger partial charge in [0.2, 0.25) is 27.7 Å². The molecule has 13 nitrogen and oxygen atoms in total. The number of amides is 2. The van der Waals surface area contributed by atoms with Crippen LogP contribution in [-0.2, 0) is 46.9 Å². The van der Waals surface area contributed by atoms with Crippen LogP contribution in [0.1, 0.15) is 97.0 Å². The Balaban J connectivity index is 1.16. The van der Waals surface area contributed by atoms with E-state index in [0.717, 1.165) is 43.1 Å². The molecule has 0 spiro atoms. The lowest BCUT2D eigenvalue weighted by molar-refractivity contribution is -0.158. The van der Waals surface area contributed by atoms with Gasteiger partial charge in [0.15, 0.2) is 5.78 Å². The molecule has 62 heavy (non-hydrogen) atoms. The van der Waals surface area contributed by atoms with E-state index >= 15 is 4.79 Å². The standard InChI is InChI=1S/C48H60N4O9S/c1-5-32-28-48(32,46(56)50-62(57,58)34-20-21-34)29-40(53)39-26-33-30-52(39)45(55)37(47(2,3)4)27-42(54)61-41-19-13-15-31(41)14-7-6-8-17-36-43(59-25-24-51-22-11-12-23-51)35-16-9-10-18-38(35)49-44(36)60-33/h5-6,8-12,16,18,22-23,31-34,37,39,41H,1,7,13-15,17,19-21,24-30H2,2-4H3,(H,50,56)/b8-6+/t31-,32-,33-,37-,39+,41-,48-/m1/s1. The van der Waals surface area contributed by atoms with Crippen molar-refractivity contribution in [1.29, 1.82) is 0 Å². The Hall–Kier alpha value is -4.98. The molecular weight excluding hydrogens is 809 g/mol. The molecule has 2 amide bonds. The minimum Gasteiger partial charge on any atom is -0.491 e. The van der Waals surface area contributed by atoms with Crippen LogP contribution >= 0.6 is 0 Å². The van der Waals surface area contributed by atoms with Crippen molar-refractivity contribution < 1.29 is 41.8 Å². The first-order chi connectivity index (χ1) is 29.7. The lowest BCUT2D eigenvalue weighted by Gasteiger charge is -2.35. The smallest absolute Gasteiger partial charge is 0.306 e. The number of aromatic nitrogens is 2. The van der Waals surface area contributed by atoms with Crippen molar-refractivity contribution in [2.75, 3.05) is 13.2 Å². The highest BCUT2D eigenvalue weighted by molar-refractivity contribution is 7.90. The number of nitrogens with zero attached hydrogens (tertiary/aromatic N) is 3. The zero-order chi connectivity index (χ0) is 43.8. The van der Waals surface area contributed by atoms with Gasteiger partial charge in [-0.2, -0.15) is 0 Å². The number of rotatable bonds is 11. The molecule has 1 N–H and O–H groups in total. The molecule has 1 saturated heterocycles. The fraction of sp³-hybridized carbons (Fsp3) is 0.562. The normalized spacial score (nSPS) is 28.7. The Bertz CT molecular complexity index is 2330. The molecule has 0 unspecified atom stereocenters. The highest BCUT2D eigenvalue weighted by Crippen LogP contribution is 2.57. The Morgan fingerprint density at radius 1 is 1.03 bits per heavy atom. The average Bonchev–Trinajstić information content (AvgIpc) is 4.03. The summed E-state index contributed by atoms with van der Waals surface area (Å²) in [6.45, 7) is 10.6. The molecule has 7 atom stereocenters. The summed E-state index contributed by atoms with van der Waals surface area (Å²) in [6, 6.07) is 10.7. The second kappa shape index (κ2) is 17.7. The number of benzene rings is 1. The van der Waals surface area contributed by atoms with Gasteiger partial charge in [-0.15, -0.1) is 6.58 Å². The first kappa shape index (κ1) is 43.7. The van der Waals surface area contributed by atoms with Crippen LogP contribution in [0.25, 0.3) is 10.9 Å². The number of nitrogens with one attached hydrogen (secondary N) is 1. The van der Waals surface area contributed by atoms with Gasteiger partial charge in [-0.3, -0.25) is 23.9 Å². The van der Waals surface area contributed by atoms with Gasteiger partial charge in [0.05, 0.1) is 53.2 Å². The fourth-order valence-electron chi connectivity index (χ4n) is 9.78. The molecule has 3 aromatic rings. The molecule has 2 aromatic heterocycles. The van der Waals surface area contributed by atoms with E-state index in [1.54, 1.807) is 6.08 Å². The quantitative estimate of drug-likeness (QED) is 0.159. The molecule has 3 aliphatic carbocycles. The minimum absolute atomic E-state index is 0.0231. The molecule has 4 fully saturated rings. The molecule has 0 radical (unpaired) electrons. The second-order valence-corrected chi connectivity index (χ2v) is 21.1. The van der Waals surface area contributed by atoms with Crippen LogP contribution in [0.2, 0.25) is 0 Å². The van der Waals surface area contributed by atoms with E-state index in [2.05, 4.69) is 23.5 Å². The summed E-state index contributed by atoms with van der Waals surface area (Å²) in [4.78, 5) is 63.8. The largest absolute Gasteiger partial charge is 0.491 e. The summed E-state index contributed by atoms with van der Waals surface area (Å²) in [6.07, 6.45) is 14.5. The van der Waals surface area contributed by atoms with Crippen molar-refractivity contribution in [3.8, 4) is 11.6 Å². The minimum atomic E-state index is -3.88. The maximum Gasteiger partial charge on any atom is 0.306 e. The van der Waals surface area contributed by atoms with Crippen molar-refractivity contribution in [2.45, 2.75) is 128 Å². The molecule has 8 rings (SSSR count). The molecular formula is C48H60N4O9S. The van der Waals surface area contributed by atoms with Gasteiger partial charge >= 0.3 is 5.97 Å². The number of para-hydroxylation sites is 1. The van der Waals surface area contributed by atoms with E-state index in [4.69, 9.17) is 19.2 Å². The number of sulfonamides is 1. The van der Waals surface area contributed by atoms with Crippen LogP contribution in [0.5, 0.6) is 11.6 Å². The SMILES string of the molecule is C=C[C@@H]1C[C@]1(CC(=O)[C@@H]1C[C@@H]2CN1C(=O)[C@H](C(C)(C)C)CC(=O)O[C@@H]1CCC[C@H]1CC/C=C/Cc1c(nc3ccccc3c1OCCn1cccc1)O2)C(=O)NS(=O)(=O)C1CC1. The van der Waals surface area contributed by atoms with Gasteiger partial charge < -0.3 is 23.7 Å². The maximum atomic E-state index is 15.0. The molecule has 2 aliphatic heterocycles. The number of ether oxygens (including phenoxy) is 3. The third kappa shape index (κ3) is 9.35. The number of carbonyl (C=O) groups excluding carboxylic acids is 4. The molecule has 14 heteroatoms. The Morgan fingerprint density at radius 2 is 1.81 bits per heavy atom. The lowest BCUT2D eigenvalue weighted by atomic mass is 9.77. The van der Waals surface area contributed by atoms with Gasteiger partial charge in [-0.25, -0.2) is 13.4 Å². The van der Waals surface area contributed by atoms with Crippen molar-refractivity contribution in [1.82, 2.24) is 19.2 Å². The summed E-state index contributed by atoms with van der Waals surface area (Å²) in [5.74, 6) is -1.95. The predicted octanol–water partition coefficient (Wildman–Crippen LogP) is 6.88. The van der Waals surface area contributed by atoms with Crippen molar-refractivity contribution in [3.05, 3.63) is 79.2 Å². The number of hydrogen-bond donors (Lipinski definition) is 1. The number of esters is 1. The number of pyridine rings is 1. The maximum absolute atomic E-state index is 15.0. The zero-order valence-electron chi connectivity index (χ0n) is 36.1. The average molecular weight is 869 g/mol. The van der Waals surface area contributed by atoms with Crippen LogP contribution in [0.15, 0.2) is 73.6 Å². The van der Waals surface area contributed by atoms with Gasteiger partial charge in [0.1, 0.15) is 24.6 Å². The Labute approximate surface area is 364 Å². The highest BCUT2D eigenvalue weighted by atomic mass is 32.2. The Morgan fingerprint density at radius 3 is 2.53 bits per heavy atom. The summed E-state index contributed by atoms with van der Waals surface area (Å²) in [5, 5.41) is 0.223. The summed E-state index contributed by atoms with van der Waals surface area (Å²) < 4.78 is 49.7. The molecule has 3 saturated carbocycles. The van der Waals surface area contributed by atoms with E-state index in [0.29, 0.717) is 49.6 Å². The number of hydrogen-bond acceptors (Lipinski definition) is 10. The van der Waals surface area contributed by atoms with Crippen molar-refractivity contribution in [3.63, 3.8) is 0 Å². The second-order valence-electron chi connectivity index (χ2n) is 19.1. The predicted molar refractivity (Wildman–Crippen MR) is 234 cm³/mol. The van der Waals surface area contributed by atoms with Gasteiger partial charge in [0.25, 0.3) is 0 Å². The van der Waals surface area contributed by atoms with E-state index in [9.17, 15) is 22.8 Å². The third-order valence-corrected chi connectivity index (χ3v) is 15.5. The molecule has 5 aliphatic rings. The topological polar surface area (TPSA) is 163 Å². The number of allylic oxidation sites excluding steroid dienone is 3. The first-order valence-electron chi connectivity index (χ1n) is 22.3. The van der Waals surface area contributed by atoms with Crippen LogP contribution in [0.4, 0.5) is 0 Å². The lowest BCUT2D eigenvalue weighted by Crippen LogP contribution is -2.48. The van der Waals surface area contributed by atoms with E-state index in [1.807, 2.05) is 74.1 Å². The first-order valence-corrected chi connectivity index (χ1v) is 23.9. The molecule has 1 aromatic carbocycles. The highest BCUT2D eigenvalue weighted by Gasteiger charge is 2.61. The molecule has 332 valence electrons. The van der Waals surface area contributed by atoms with E-state index < -0.39 is 62.0 Å². The molecule has 4 heterocycles. The summed E-state index contributed by atoms with van der Waals surface area (Å²) >= 11 is 0. The number of ketones is 1. The number of fused-ring (bicyclic) bond motifs is 5. The monoisotopic (exact) mass is 868 g/mol. The third-order valence-electron chi connectivity index (χ3n) is 13.7. The zero-order valence-corrected chi connectivity index (χ0v) is 36.9. The van der Waals surface area contributed by atoms with Crippen LogP contribution in [-0.4, -0.2) is 83.1 Å². The fourth-order valence-corrected chi connectivity index (χ4v) is 11.2.